The van der Waals surface area contributed by atoms with Gasteiger partial charge < -0.3 is 24.8 Å². The van der Waals surface area contributed by atoms with Crippen molar-refractivity contribution in [1.82, 2.24) is 15.5 Å². The van der Waals surface area contributed by atoms with Gasteiger partial charge in [-0.25, -0.2) is 4.99 Å². The number of guanidine groups is 1. The molecule has 0 spiro atoms. The fraction of sp³-hybridized carbons (Fsp3) is 0.667. The molecule has 1 aromatic rings. The van der Waals surface area contributed by atoms with Crippen LogP contribution in [-0.2, 0) is 11.3 Å². The van der Waals surface area contributed by atoms with E-state index >= 15 is 0 Å². The highest BCUT2D eigenvalue weighted by Crippen LogP contribution is 2.27. The summed E-state index contributed by atoms with van der Waals surface area (Å²) in [6.45, 7) is 8.68. The Morgan fingerprint density at radius 1 is 1.23 bits per heavy atom. The molecule has 1 aromatic carbocycles. The SMILES string of the molecule is CCCOc1ccc(CN=C(NCC)NCC(C)N2CCOCC2)c(OC(F)F)c1.I. The van der Waals surface area contributed by atoms with Crippen molar-refractivity contribution in [2.24, 2.45) is 4.99 Å². The first-order valence-electron chi connectivity index (χ1n) is 10.6. The molecule has 0 amide bonds. The summed E-state index contributed by atoms with van der Waals surface area (Å²) in [5.41, 5.74) is 0.567. The van der Waals surface area contributed by atoms with E-state index in [2.05, 4.69) is 27.4 Å². The van der Waals surface area contributed by atoms with Crippen LogP contribution in [0.4, 0.5) is 8.78 Å². The molecule has 1 saturated heterocycles. The van der Waals surface area contributed by atoms with Crippen LogP contribution in [0.25, 0.3) is 0 Å². The molecule has 0 bridgehead atoms. The summed E-state index contributed by atoms with van der Waals surface area (Å²) in [6.07, 6.45) is 0.831. The maximum atomic E-state index is 12.9. The Balaban J connectivity index is 0.00000480. The number of rotatable bonds is 11. The molecule has 2 N–H and O–H groups in total. The van der Waals surface area contributed by atoms with Crippen molar-refractivity contribution in [1.29, 1.82) is 0 Å². The number of aliphatic imine (C=N–C) groups is 1. The van der Waals surface area contributed by atoms with E-state index in [9.17, 15) is 8.78 Å². The minimum absolute atomic E-state index is 0. The van der Waals surface area contributed by atoms with Crippen molar-refractivity contribution in [2.75, 3.05) is 46.0 Å². The predicted octanol–water partition coefficient (Wildman–Crippen LogP) is 3.47. The van der Waals surface area contributed by atoms with Crippen molar-refractivity contribution < 1.29 is 23.0 Å². The number of nitrogens with zero attached hydrogens (tertiary/aromatic N) is 2. The molecule has 0 aromatic heterocycles. The van der Waals surface area contributed by atoms with E-state index in [1.165, 1.54) is 6.07 Å². The monoisotopic (exact) mass is 556 g/mol. The van der Waals surface area contributed by atoms with Crippen LogP contribution in [0.2, 0.25) is 0 Å². The zero-order chi connectivity index (χ0) is 21.8. The van der Waals surface area contributed by atoms with E-state index in [0.29, 0.717) is 36.5 Å². The average molecular weight is 556 g/mol. The molecule has 10 heteroatoms. The fourth-order valence-electron chi connectivity index (χ4n) is 3.08. The average Bonchev–Trinajstić information content (AvgIpc) is 2.75. The van der Waals surface area contributed by atoms with Gasteiger partial charge in [-0.05, 0) is 32.4 Å². The third kappa shape index (κ3) is 10.2. The van der Waals surface area contributed by atoms with Crippen LogP contribution in [0.15, 0.2) is 23.2 Å². The van der Waals surface area contributed by atoms with Crippen molar-refractivity contribution in [3.05, 3.63) is 23.8 Å². The molecule has 1 aliphatic heterocycles. The second-order valence-corrected chi connectivity index (χ2v) is 7.07. The first-order valence-corrected chi connectivity index (χ1v) is 10.6. The number of benzene rings is 1. The van der Waals surface area contributed by atoms with Crippen molar-refractivity contribution >= 4 is 29.9 Å². The number of halogens is 3. The molecule has 1 aliphatic rings. The van der Waals surface area contributed by atoms with Gasteiger partial charge in [0.25, 0.3) is 0 Å². The maximum Gasteiger partial charge on any atom is 0.387 e. The molecule has 31 heavy (non-hydrogen) atoms. The van der Waals surface area contributed by atoms with E-state index in [1.807, 2.05) is 13.8 Å². The summed E-state index contributed by atoms with van der Waals surface area (Å²) >= 11 is 0. The lowest BCUT2D eigenvalue weighted by atomic mass is 10.2. The Hall–Kier alpha value is -1.40. The van der Waals surface area contributed by atoms with Gasteiger partial charge in [0.2, 0.25) is 0 Å². The van der Waals surface area contributed by atoms with Crippen molar-refractivity contribution in [2.45, 2.75) is 46.4 Å². The molecule has 1 unspecified atom stereocenters. The van der Waals surface area contributed by atoms with Gasteiger partial charge in [-0.15, -0.1) is 24.0 Å². The van der Waals surface area contributed by atoms with Crippen LogP contribution < -0.4 is 20.1 Å². The van der Waals surface area contributed by atoms with Gasteiger partial charge in [0.15, 0.2) is 5.96 Å². The molecule has 1 atom stereocenters. The van der Waals surface area contributed by atoms with Gasteiger partial charge >= 0.3 is 6.61 Å². The van der Waals surface area contributed by atoms with E-state index in [-0.39, 0.29) is 36.3 Å². The van der Waals surface area contributed by atoms with E-state index < -0.39 is 6.61 Å². The van der Waals surface area contributed by atoms with Gasteiger partial charge in [0.1, 0.15) is 11.5 Å². The Bertz CT molecular complexity index is 662. The van der Waals surface area contributed by atoms with Crippen molar-refractivity contribution in [3.63, 3.8) is 0 Å². The lowest BCUT2D eigenvalue weighted by molar-refractivity contribution is -0.0505. The lowest BCUT2D eigenvalue weighted by Crippen LogP contribution is -2.49. The third-order valence-electron chi connectivity index (χ3n) is 4.71. The largest absolute Gasteiger partial charge is 0.493 e. The molecular weight excluding hydrogens is 521 g/mol. The topological polar surface area (TPSA) is 67.4 Å². The summed E-state index contributed by atoms with van der Waals surface area (Å²) in [7, 11) is 0. The van der Waals surface area contributed by atoms with Crippen LogP contribution in [0, 0.1) is 0 Å². The number of hydrogen-bond acceptors (Lipinski definition) is 5. The number of ether oxygens (including phenoxy) is 3. The maximum absolute atomic E-state index is 12.9. The quantitative estimate of drug-likeness (QED) is 0.247. The van der Waals surface area contributed by atoms with Gasteiger partial charge in [-0.1, -0.05) is 6.92 Å². The summed E-state index contributed by atoms with van der Waals surface area (Å²) in [6, 6.07) is 5.28. The Morgan fingerprint density at radius 2 is 1.97 bits per heavy atom. The predicted molar refractivity (Wildman–Crippen MR) is 129 cm³/mol. The Morgan fingerprint density at radius 3 is 2.61 bits per heavy atom. The number of hydrogen-bond donors (Lipinski definition) is 2. The number of nitrogens with one attached hydrogen (secondary N) is 2. The number of morpholine rings is 1. The lowest BCUT2D eigenvalue weighted by Gasteiger charge is -2.32. The molecule has 178 valence electrons. The highest BCUT2D eigenvalue weighted by atomic mass is 127. The molecule has 2 rings (SSSR count). The second kappa shape index (κ2) is 15.4. The molecule has 7 nitrogen and oxygen atoms in total. The first kappa shape index (κ1) is 27.6. The normalized spacial score (nSPS) is 15.9. The third-order valence-corrected chi connectivity index (χ3v) is 4.71. The first-order chi connectivity index (χ1) is 14.5. The number of alkyl halides is 2. The highest BCUT2D eigenvalue weighted by Gasteiger charge is 2.17. The molecule has 1 heterocycles. The minimum Gasteiger partial charge on any atom is -0.493 e. The van der Waals surface area contributed by atoms with E-state index in [4.69, 9.17) is 14.2 Å². The zero-order valence-electron chi connectivity index (χ0n) is 18.5. The van der Waals surface area contributed by atoms with Crippen LogP contribution >= 0.6 is 24.0 Å². The summed E-state index contributed by atoms with van der Waals surface area (Å²) in [4.78, 5) is 6.91. The molecular formula is C21H35F2IN4O3. The molecule has 0 radical (unpaired) electrons. The van der Waals surface area contributed by atoms with Crippen LogP contribution in [0.3, 0.4) is 0 Å². The van der Waals surface area contributed by atoms with E-state index in [0.717, 1.165) is 39.3 Å². The summed E-state index contributed by atoms with van der Waals surface area (Å²) in [5.74, 6) is 1.22. The van der Waals surface area contributed by atoms with E-state index in [1.54, 1.807) is 12.1 Å². The minimum atomic E-state index is -2.91. The summed E-state index contributed by atoms with van der Waals surface area (Å²) < 4.78 is 41.3. The summed E-state index contributed by atoms with van der Waals surface area (Å²) in [5, 5.41) is 6.52. The highest BCUT2D eigenvalue weighted by molar-refractivity contribution is 14.0. The Kier molecular flexibility index (Phi) is 13.7. The van der Waals surface area contributed by atoms with Gasteiger partial charge in [-0.3, -0.25) is 4.90 Å². The second-order valence-electron chi connectivity index (χ2n) is 7.07. The fourth-order valence-corrected chi connectivity index (χ4v) is 3.08. The standard InChI is InChI=1S/C21H34F2N4O3.HI/c1-4-10-29-18-7-6-17(19(13-18)30-20(22)23)15-26-21(24-5-2)25-14-16(3)27-8-11-28-12-9-27;/h6-7,13,16,20H,4-5,8-12,14-15H2,1-3H3,(H2,24,25,26);1H. The molecule has 0 saturated carbocycles. The van der Waals surface area contributed by atoms with Gasteiger partial charge in [0.05, 0.1) is 26.4 Å². The van der Waals surface area contributed by atoms with Gasteiger partial charge in [-0.2, -0.15) is 8.78 Å². The van der Waals surface area contributed by atoms with Gasteiger partial charge in [0, 0.05) is 43.9 Å². The molecule has 0 aliphatic carbocycles. The smallest absolute Gasteiger partial charge is 0.387 e. The van der Waals surface area contributed by atoms with Crippen molar-refractivity contribution in [3.8, 4) is 11.5 Å². The van der Waals surface area contributed by atoms with Crippen LogP contribution in [0.1, 0.15) is 32.8 Å². The molecule has 1 fully saturated rings. The van der Waals surface area contributed by atoms with Crippen LogP contribution in [0.5, 0.6) is 11.5 Å². The Labute approximate surface area is 200 Å². The van der Waals surface area contributed by atoms with Crippen LogP contribution in [-0.4, -0.2) is 69.5 Å². The zero-order valence-corrected chi connectivity index (χ0v) is 20.9.